The summed E-state index contributed by atoms with van der Waals surface area (Å²) >= 11 is 0. The Hall–Kier alpha value is -3.15. The van der Waals surface area contributed by atoms with E-state index >= 15 is 0 Å². The maximum Gasteiger partial charge on any atom is 0.257 e. The summed E-state index contributed by atoms with van der Waals surface area (Å²) in [6.45, 7) is 0. The Labute approximate surface area is 126 Å². The second-order valence-corrected chi connectivity index (χ2v) is 4.94. The molecule has 0 spiro atoms. The number of carbonyl (C=O) groups excluding carboxylic acids is 2. The molecule has 3 N–H and O–H groups in total. The molecular weight excluding hydrogens is 280 g/mol. The minimum absolute atomic E-state index is 0.269. The molecule has 0 aliphatic carbocycles. The highest BCUT2D eigenvalue weighted by Gasteiger charge is 2.12. The predicted octanol–water partition coefficient (Wildman–Crippen LogP) is 2.22. The van der Waals surface area contributed by atoms with Crippen molar-refractivity contribution in [3.63, 3.8) is 0 Å². The van der Waals surface area contributed by atoms with Crippen molar-refractivity contribution in [2.45, 2.75) is 0 Å². The van der Waals surface area contributed by atoms with E-state index in [1.807, 2.05) is 0 Å². The lowest BCUT2D eigenvalue weighted by Gasteiger charge is -2.05. The van der Waals surface area contributed by atoms with Crippen LogP contribution in [0, 0.1) is 0 Å². The molecule has 3 rings (SSSR count). The minimum atomic E-state index is -0.269. The number of amides is 1. The van der Waals surface area contributed by atoms with Crippen molar-refractivity contribution < 1.29 is 9.59 Å². The fraction of sp³-hybridized carbons (Fsp3) is 0.0625. The van der Waals surface area contributed by atoms with Gasteiger partial charge in [0.2, 0.25) is 5.95 Å². The second kappa shape index (κ2) is 5.33. The third-order valence-corrected chi connectivity index (χ3v) is 3.44. The van der Waals surface area contributed by atoms with Crippen LogP contribution in [-0.4, -0.2) is 21.7 Å². The molecule has 0 saturated heterocycles. The lowest BCUT2D eigenvalue weighted by atomic mass is 10.2. The van der Waals surface area contributed by atoms with Gasteiger partial charge in [-0.2, -0.15) is 0 Å². The highest BCUT2D eigenvalue weighted by molar-refractivity contribution is 6.04. The number of hydrogen-bond donors (Lipinski definition) is 2. The topological polar surface area (TPSA) is 90.0 Å². The molecule has 22 heavy (non-hydrogen) atoms. The standard InChI is InChI=1S/C16H14N4O2/c1-20-14-7-2-10(9-21)8-13(14)18-16(20)19-15(22)11-3-5-12(17)6-4-11/h2-9H,17H2,1H3,(H,18,19,22). The predicted molar refractivity (Wildman–Crippen MR) is 84.9 cm³/mol. The van der Waals surface area contributed by atoms with E-state index in [1.54, 1.807) is 54.1 Å². The number of anilines is 2. The van der Waals surface area contributed by atoms with Crippen LogP contribution >= 0.6 is 0 Å². The van der Waals surface area contributed by atoms with Crippen LogP contribution in [0.25, 0.3) is 11.0 Å². The maximum absolute atomic E-state index is 12.2. The van der Waals surface area contributed by atoms with Crippen LogP contribution in [-0.2, 0) is 7.05 Å². The van der Waals surface area contributed by atoms with Crippen LogP contribution in [0.2, 0.25) is 0 Å². The SMILES string of the molecule is Cn1c(NC(=O)c2ccc(N)cc2)nc2cc(C=O)ccc21. The van der Waals surface area contributed by atoms with Gasteiger partial charge in [-0.15, -0.1) is 0 Å². The van der Waals surface area contributed by atoms with Gasteiger partial charge in [-0.25, -0.2) is 4.98 Å². The van der Waals surface area contributed by atoms with Gasteiger partial charge in [0.25, 0.3) is 5.91 Å². The molecule has 6 heteroatoms. The van der Waals surface area contributed by atoms with Crippen molar-refractivity contribution in [3.05, 3.63) is 53.6 Å². The number of carbonyl (C=O) groups is 2. The number of nitrogen functional groups attached to an aromatic ring is 1. The summed E-state index contributed by atoms with van der Waals surface area (Å²) < 4.78 is 1.76. The first kappa shape index (κ1) is 13.8. The fourth-order valence-electron chi connectivity index (χ4n) is 2.21. The molecule has 3 aromatic rings. The Morgan fingerprint density at radius 1 is 1.23 bits per heavy atom. The largest absolute Gasteiger partial charge is 0.399 e. The average Bonchev–Trinajstić information content (AvgIpc) is 2.83. The molecule has 0 bridgehead atoms. The number of aromatic nitrogens is 2. The molecule has 0 fully saturated rings. The Bertz CT molecular complexity index is 866. The van der Waals surface area contributed by atoms with Gasteiger partial charge in [0.1, 0.15) is 6.29 Å². The molecule has 110 valence electrons. The van der Waals surface area contributed by atoms with Gasteiger partial charge in [0, 0.05) is 23.9 Å². The highest BCUT2D eigenvalue weighted by atomic mass is 16.1. The molecule has 1 aromatic heterocycles. The van der Waals surface area contributed by atoms with Crippen molar-refractivity contribution >= 4 is 34.9 Å². The van der Waals surface area contributed by atoms with Crippen LogP contribution in [0.1, 0.15) is 20.7 Å². The van der Waals surface area contributed by atoms with E-state index in [0.29, 0.717) is 28.3 Å². The van der Waals surface area contributed by atoms with Crippen molar-refractivity contribution in [1.82, 2.24) is 9.55 Å². The van der Waals surface area contributed by atoms with Crippen LogP contribution in [0.5, 0.6) is 0 Å². The fourth-order valence-corrected chi connectivity index (χ4v) is 2.21. The zero-order valence-electron chi connectivity index (χ0n) is 11.9. The summed E-state index contributed by atoms with van der Waals surface area (Å²) in [6.07, 6.45) is 0.765. The van der Waals surface area contributed by atoms with Crippen LogP contribution in [0.3, 0.4) is 0 Å². The molecular formula is C16H14N4O2. The summed E-state index contributed by atoms with van der Waals surface area (Å²) in [5.41, 5.74) is 8.73. The summed E-state index contributed by atoms with van der Waals surface area (Å²) in [7, 11) is 1.80. The number of imidazole rings is 1. The Morgan fingerprint density at radius 3 is 2.64 bits per heavy atom. The second-order valence-electron chi connectivity index (χ2n) is 4.94. The number of nitrogens with two attached hydrogens (primary N) is 1. The van der Waals surface area contributed by atoms with Gasteiger partial charge in [-0.1, -0.05) is 0 Å². The molecule has 0 atom stereocenters. The smallest absolute Gasteiger partial charge is 0.257 e. The molecule has 0 aliphatic heterocycles. The quantitative estimate of drug-likeness (QED) is 0.572. The van der Waals surface area contributed by atoms with Crippen molar-refractivity contribution in [2.24, 2.45) is 7.05 Å². The third-order valence-electron chi connectivity index (χ3n) is 3.44. The molecule has 2 aromatic carbocycles. The first-order chi connectivity index (χ1) is 10.6. The number of aldehydes is 1. The lowest BCUT2D eigenvalue weighted by molar-refractivity contribution is 0.102. The summed E-state index contributed by atoms with van der Waals surface area (Å²) in [6, 6.07) is 11.8. The summed E-state index contributed by atoms with van der Waals surface area (Å²) in [4.78, 5) is 27.4. The number of rotatable bonds is 3. The van der Waals surface area contributed by atoms with Crippen LogP contribution < -0.4 is 11.1 Å². The monoisotopic (exact) mass is 294 g/mol. The molecule has 1 amide bonds. The molecule has 1 heterocycles. The molecule has 0 unspecified atom stereocenters. The van der Waals surface area contributed by atoms with E-state index in [1.165, 1.54) is 0 Å². The molecule has 0 radical (unpaired) electrons. The normalized spacial score (nSPS) is 10.6. The highest BCUT2D eigenvalue weighted by Crippen LogP contribution is 2.19. The van der Waals surface area contributed by atoms with Gasteiger partial charge in [-0.3, -0.25) is 14.9 Å². The van der Waals surface area contributed by atoms with Crippen molar-refractivity contribution in [3.8, 4) is 0 Å². The third kappa shape index (κ3) is 2.42. The summed E-state index contributed by atoms with van der Waals surface area (Å²) in [5, 5.41) is 2.76. The van der Waals surface area contributed by atoms with E-state index in [0.717, 1.165) is 11.8 Å². The van der Waals surface area contributed by atoms with E-state index in [4.69, 9.17) is 5.73 Å². The number of nitrogens with zero attached hydrogens (tertiary/aromatic N) is 2. The van der Waals surface area contributed by atoms with E-state index in [9.17, 15) is 9.59 Å². The van der Waals surface area contributed by atoms with Crippen LogP contribution in [0.15, 0.2) is 42.5 Å². The summed E-state index contributed by atoms with van der Waals surface area (Å²) in [5.74, 6) is 0.147. The zero-order chi connectivity index (χ0) is 15.7. The van der Waals surface area contributed by atoms with Crippen molar-refractivity contribution in [2.75, 3.05) is 11.1 Å². The van der Waals surface area contributed by atoms with Crippen LogP contribution in [0.4, 0.5) is 11.6 Å². The van der Waals surface area contributed by atoms with E-state index in [-0.39, 0.29) is 5.91 Å². The number of hydrogen-bond acceptors (Lipinski definition) is 4. The van der Waals surface area contributed by atoms with Gasteiger partial charge in [0.15, 0.2) is 0 Å². The van der Waals surface area contributed by atoms with Gasteiger partial charge in [0.05, 0.1) is 11.0 Å². The van der Waals surface area contributed by atoms with Gasteiger partial charge >= 0.3 is 0 Å². The Kier molecular flexibility index (Phi) is 3.34. The number of benzene rings is 2. The van der Waals surface area contributed by atoms with E-state index in [2.05, 4.69) is 10.3 Å². The van der Waals surface area contributed by atoms with E-state index < -0.39 is 0 Å². The first-order valence-corrected chi connectivity index (χ1v) is 6.67. The van der Waals surface area contributed by atoms with Crippen molar-refractivity contribution in [1.29, 1.82) is 0 Å². The average molecular weight is 294 g/mol. The lowest BCUT2D eigenvalue weighted by Crippen LogP contribution is -2.15. The number of nitrogens with one attached hydrogen (secondary N) is 1. The zero-order valence-corrected chi connectivity index (χ0v) is 11.9. The first-order valence-electron chi connectivity index (χ1n) is 6.67. The number of aryl methyl sites for hydroxylation is 1. The maximum atomic E-state index is 12.2. The molecule has 0 saturated carbocycles. The van der Waals surface area contributed by atoms with Gasteiger partial charge in [-0.05, 0) is 42.5 Å². The minimum Gasteiger partial charge on any atom is -0.399 e. The van der Waals surface area contributed by atoms with Gasteiger partial charge < -0.3 is 10.3 Å². The Morgan fingerprint density at radius 2 is 1.95 bits per heavy atom. The Balaban J connectivity index is 1.93. The molecule has 6 nitrogen and oxygen atoms in total. The number of fused-ring (bicyclic) bond motifs is 1. The molecule has 0 aliphatic rings.